The van der Waals surface area contributed by atoms with Gasteiger partial charge in [0.1, 0.15) is 0 Å². The maximum absolute atomic E-state index is 12.5. The average Bonchev–Trinajstić information content (AvgIpc) is 2.54. The van der Waals surface area contributed by atoms with Gasteiger partial charge in [-0.2, -0.15) is 0 Å². The van der Waals surface area contributed by atoms with Gasteiger partial charge in [0.25, 0.3) is 0 Å². The Hall–Kier alpha value is -1.10. The number of hydrogen-bond acceptors (Lipinski definition) is 3. The van der Waals surface area contributed by atoms with E-state index in [9.17, 15) is 9.59 Å². The topological polar surface area (TPSA) is 60.9 Å². The highest BCUT2D eigenvalue weighted by Gasteiger charge is 2.34. The molecule has 0 spiro atoms. The molecule has 21 heavy (non-hydrogen) atoms. The van der Waals surface area contributed by atoms with E-state index in [1.165, 1.54) is 6.42 Å². The van der Waals surface area contributed by atoms with Crippen LogP contribution in [0.15, 0.2) is 0 Å². The van der Waals surface area contributed by atoms with E-state index in [-0.39, 0.29) is 30.5 Å². The first-order chi connectivity index (χ1) is 10.1. The molecule has 1 unspecified atom stereocenters. The molecule has 1 aliphatic heterocycles. The molecule has 2 amide bonds. The lowest BCUT2D eigenvalue weighted by Crippen LogP contribution is -2.52. The zero-order valence-corrected chi connectivity index (χ0v) is 13.1. The number of likely N-dealkylation sites (tertiary alicyclic amines) is 1. The van der Waals surface area contributed by atoms with E-state index in [0.29, 0.717) is 13.0 Å². The predicted molar refractivity (Wildman–Crippen MR) is 80.7 cm³/mol. The van der Waals surface area contributed by atoms with E-state index >= 15 is 0 Å². The molecule has 0 aromatic rings. The molecular formula is C16H28N2O3. The molecule has 1 heterocycles. The second-order valence-electron chi connectivity index (χ2n) is 6.37. The monoisotopic (exact) mass is 296 g/mol. The van der Waals surface area contributed by atoms with Gasteiger partial charge < -0.3 is 14.9 Å². The van der Waals surface area contributed by atoms with Crippen LogP contribution < -0.4 is 0 Å². The van der Waals surface area contributed by atoms with Crippen LogP contribution in [0.1, 0.15) is 57.8 Å². The summed E-state index contributed by atoms with van der Waals surface area (Å²) in [7, 11) is 1.77. The summed E-state index contributed by atoms with van der Waals surface area (Å²) in [6, 6.07) is 0.247. The summed E-state index contributed by atoms with van der Waals surface area (Å²) in [5.41, 5.74) is 0. The summed E-state index contributed by atoms with van der Waals surface area (Å²) in [5, 5.41) is 9.14. The normalized spacial score (nSPS) is 23.9. The molecule has 0 aromatic heterocycles. The highest BCUT2D eigenvalue weighted by atomic mass is 16.3. The van der Waals surface area contributed by atoms with Gasteiger partial charge in [0.05, 0.1) is 0 Å². The predicted octanol–water partition coefficient (Wildman–Crippen LogP) is 1.54. The quantitative estimate of drug-likeness (QED) is 0.804. The van der Waals surface area contributed by atoms with Crippen LogP contribution >= 0.6 is 0 Å². The van der Waals surface area contributed by atoms with Crippen LogP contribution in [0.5, 0.6) is 0 Å². The van der Waals surface area contributed by atoms with Crippen molar-refractivity contribution in [2.45, 2.75) is 69.9 Å². The van der Waals surface area contributed by atoms with E-state index < -0.39 is 0 Å². The maximum atomic E-state index is 12.5. The van der Waals surface area contributed by atoms with E-state index in [4.69, 9.17) is 5.11 Å². The molecule has 1 N–H and O–H groups in total. The van der Waals surface area contributed by atoms with Crippen LogP contribution in [0.2, 0.25) is 0 Å². The SMILES string of the molecule is CN(C(=O)C(=O)N1CCCCC1CCO)C1CCCCC1. The van der Waals surface area contributed by atoms with Gasteiger partial charge in [0.2, 0.25) is 0 Å². The van der Waals surface area contributed by atoms with Crippen molar-refractivity contribution >= 4 is 11.8 Å². The van der Waals surface area contributed by atoms with Crippen LogP contribution in [0.4, 0.5) is 0 Å². The fourth-order valence-corrected chi connectivity index (χ4v) is 3.62. The summed E-state index contributed by atoms with van der Waals surface area (Å²) in [4.78, 5) is 28.3. The molecule has 1 aliphatic carbocycles. The summed E-state index contributed by atoms with van der Waals surface area (Å²) in [6.45, 7) is 0.717. The Bertz CT molecular complexity index is 365. The Morgan fingerprint density at radius 1 is 1.10 bits per heavy atom. The van der Waals surface area contributed by atoms with Gasteiger partial charge in [0, 0.05) is 32.3 Å². The first-order valence-corrected chi connectivity index (χ1v) is 8.33. The minimum atomic E-state index is -0.374. The van der Waals surface area contributed by atoms with Crippen molar-refractivity contribution in [3.63, 3.8) is 0 Å². The standard InChI is InChI=1S/C16H28N2O3/c1-17(13-7-3-2-4-8-13)15(20)16(21)18-11-6-5-9-14(18)10-12-19/h13-14,19H,2-12H2,1H3. The molecule has 5 heteroatoms. The molecule has 1 saturated carbocycles. The van der Waals surface area contributed by atoms with Crippen LogP contribution in [0, 0.1) is 0 Å². The number of aliphatic hydroxyl groups is 1. The van der Waals surface area contributed by atoms with Crippen molar-refractivity contribution < 1.29 is 14.7 Å². The zero-order chi connectivity index (χ0) is 15.2. The Kier molecular flexibility index (Phi) is 6.03. The number of carbonyl (C=O) groups is 2. The second kappa shape index (κ2) is 7.78. The van der Waals surface area contributed by atoms with Gasteiger partial charge >= 0.3 is 11.8 Å². The van der Waals surface area contributed by atoms with Gasteiger partial charge in [-0.1, -0.05) is 19.3 Å². The first kappa shape index (κ1) is 16.3. The number of hydrogen-bond donors (Lipinski definition) is 1. The highest BCUT2D eigenvalue weighted by Crippen LogP contribution is 2.24. The Morgan fingerprint density at radius 2 is 1.76 bits per heavy atom. The van der Waals surface area contributed by atoms with Crippen molar-refractivity contribution in [3.8, 4) is 0 Å². The lowest BCUT2D eigenvalue weighted by atomic mass is 9.94. The Balaban J connectivity index is 1.97. The third kappa shape index (κ3) is 3.96. The van der Waals surface area contributed by atoms with Crippen molar-refractivity contribution in [1.82, 2.24) is 9.80 Å². The molecule has 0 radical (unpaired) electrons. The average molecular weight is 296 g/mol. The summed E-state index contributed by atoms with van der Waals surface area (Å²) in [5.74, 6) is -0.743. The number of likely N-dealkylation sites (N-methyl/N-ethyl adjacent to an activating group) is 1. The molecule has 2 fully saturated rings. The van der Waals surface area contributed by atoms with Crippen molar-refractivity contribution in [2.24, 2.45) is 0 Å². The van der Waals surface area contributed by atoms with E-state index in [2.05, 4.69) is 0 Å². The number of piperidine rings is 1. The minimum absolute atomic E-state index is 0.0277. The molecule has 120 valence electrons. The molecule has 0 bridgehead atoms. The zero-order valence-electron chi connectivity index (χ0n) is 13.1. The van der Waals surface area contributed by atoms with E-state index in [1.807, 2.05) is 0 Å². The minimum Gasteiger partial charge on any atom is -0.396 e. The molecule has 1 atom stereocenters. The van der Waals surface area contributed by atoms with Crippen LogP contribution in [-0.2, 0) is 9.59 Å². The van der Waals surface area contributed by atoms with Gasteiger partial charge in [-0.3, -0.25) is 9.59 Å². The van der Waals surface area contributed by atoms with Crippen LogP contribution in [-0.4, -0.2) is 59.0 Å². The lowest BCUT2D eigenvalue weighted by Gasteiger charge is -2.37. The number of rotatable bonds is 3. The fraction of sp³-hybridized carbons (Fsp3) is 0.875. The van der Waals surface area contributed by atoms with Gasteiger partial charge in [-0.25, -0.2) is 0 Å². The number of aliphatic hydroxyl groups excluding tert-OH is 1. The molecule has 0 aromatic carbocycles. The lowest BCUT2D eigenvalue weighted by molar-refractivity contribution is -0.155. The number of amides is 2. The van der Waals surface area contributed by atoms with Gasteiger partial charge in [-0.15, -0.1) is 0 Å². The third-order valence-electron chi connectivity index (χ3n) is 4.98. The molecular weight excluding hydrogens is 268 g/mol. The summed E-state index contributed by atoms with van der Waals surface area (Å²) >= 11 is 0. The van der Waals surface area contributed by atoms with Crippen molar-refractivity contribution in [2.75, 3.05) is 20.2 Å². The number of nitrogens with zero attached hydrogens (tertiary/aromatic N) is 2. The van der Waals surface area contributed by atoms with Gasteiger partial charge in [-0.05, 0) is 38.5 Å². The van der Waals surface area contributed by atoms with Gasteiger partial charge in [0.15, 0.2) is 0 Å². The Labute approximate surface area is 127 Å². The highest BCUT2D eigenvalue weighted by molar-refractivity contribution is 6.35. The molecule has 2 aliphatic rings. The Morgan fingerprint density at radius 3 is 2.43 bits per heavy atom. The van der Waals surface area contributed by atoms with Crippen molar-refractivity contribution in [3.05, 3.63) is 0 Å². The smallest absolute Gasteiger partial charge is 0.312 e. The molecule has 1 saturated heterocycles. The van der Waals surface area contributed by atoms with Crippen LogP contribution in [0.3, 0.4) is 0 Å². The van der Waals surface area contributed by atoms with Crippen molar-refractivity contribution in [1.29, 1.82) is 0 Å². The first-order valence-electron chi connectivity index (χ1n) is 8.33. The third-order valence-corrected chi connectivity index (χ3v) is 4.98. The largest absolute Gasteiger partial charge is 0.396 e. The van der Waals surface area contributed by atoms with E-state index in [0.717, 1.165) is 44.9 Å². The second-order valence-corrected chi connectivity index (χ2v) is 6.37. The summed E-state index contributed by atoms with van der Waals surface area (Å²) in [6.07, 6.45) is 9.04. The van der Waals surface area contributed by atoms with E-state index in [1.54, 1.807) is 16.8 Å². The number of carbonyl (C=O) groups excluding carboxylic acids is 2. The van der Waals surface area contributed by atoms with Crippen LogP contribution in [0.25, 0.3) is 0 Å². The maximum Gasteiger partial charge on any atom is 0.312 e. The fourth-order valence-electron chi connectivity index (χ4n) is 3.62. The molecule has 2 rings (SSSR count). The molecule has 5 nitrogen and oxygen atoms in total. The summed E-state index contributed by atoms with van der Waals surface area (Å²) < 4.78 is 0.